The van der Waals surface area contributed by atoms with Crippen LogP contribution in [-0.2, 0) is 90.2 Å². The number of carbonyl (C=O) groups is 4. The fourth-order valence-electron chi connectivity index (χ4n) is 11.8. The Balaban J connectivity index is 0.000000248. The first-order valence-corrected chi connectivity index (χ1v) is 40.0. The molecule has 0 bridgehead atoms. The molecule has 0 saturated carbocycles. The van der Waals surface area contributed by atoms with E-state index < -0.39 is 58.0 Å². The maximum Gasteiger partial charge on any atom is 0.331 e. The molecule has 1 aliphatic rings. The highest BCUT2D eigenvalue weighted by Crippen LogP contribution is 2.44. The van der Waals surface area contributed by atoms with Gasteiger partial charge in [-0.25, -0.2) is 19.2 Å². The van der Waals surface area contributed by atoms with Gasteiger partial charge in [-0.2, -0.15) is 0 Å². The van der Waals surface area contributed by atoms with Crippen LogP contribution in [0.5, 0.6) is 46.0 Å². The highest BCUT2D eigenvalue weighted by molar-refractivity contribution is 5.90. The first-order chi connectivity index (χ1) is 56.5. The Labute approximate surface area is 710 Å². The molecule has 20 nitrogen and oxygen atoms in total. The number of aliphatic carboxylic acids is 1. The SMILES string of the molecule is COc1ccc(/C=C\C(=O)O)c(OCc2ccccc2)c1CC(O)C(C)(C)O.COc1ccc(/C=C\C(=O)OC(C)(C)C)c(OCc2ccccc2)c1CC1OC1(C)C.COc1ccc(/C=C\C(=O)OC(C)(C)C)c(OCc2ccccc2)c1CC=C(C)C.COc1ccc(/C=C\C(=O)OC(C)(C)C)c(OCc2ccccc2)c1CCC(C)(C)O. The molecule has 0 spiro atoms. The number of ether oxygens (including phenoxy) is 12. The fraction of sp³-hybridized carbons (Fsp3) is 0.380. The summed E-state index contributed by atoms with van der Waals surface area (Å²) in [5.74, 6) is 2.80. The maximum absolute atomic E-state index is 12.2. The zero-order valence-electron chi connectivity index (χ0n) is 73.7. The van der Waals surface area contributed by atoms with E-state index in [0.29, 0.717) is 91.1 Å². The summed E-state index contributed by atoms with van der Waals surface area (Å²) in [5, 5.41) is 39.7. The third kappa shape index (κ3) is 34.5. The lowest BCUT2D eigenvalue weighted by Crippen LogP contribution is -2.37. The lowest BCUT2D eigenvalue weighted by Gasteiger charge is -2.26. The third-order valence-electron chi connectivity index (χ3n) is 18.1. The van der Waals surface area contributed by atoms with Crippen molar-refractivity contribution in [3.8, 4) is 46.0 Å². The molecule has 1 saturated heterocycles. The first-order valence-electron chi connectivity index (χ1n) is 40.0. The van der Waals surface area contributed by atoms with E-state index >= 15 is 0 Å². The number of carbonyl (C=O) groups excluding carboxylic acids is 3. The molecule has 2 atom stereocenters. The molecular weight excluding hydrogens is 1520 g/mol. The van der Waals surface area contributed by atoms with Gasteiger partial charge in [-0.15, -0.1) is 0 Å². The van der Waals surface area contributed by atoms with Crippen LogP contribution in [0.1, 0.15) is 191 Å². The Morgan fingerprint density at radius 3 is 1.01 bits per heavy atom. The van der Waals surface area contributed by atoms with Gasteiger partial charge in [0, 0.05) is 81.7 Å². The van der Waals surface area contributed by atoms with Crippen LogP contribution in [-0.4, -0.2) is 119 Å². The number of allylic oxidation sites excluding steroid dienone is 2. The molecule has 8 aromatic rings. The van der Waals surface area contributed by atoms with Crippen molar-refractivity contribution in [1.82, 2.24) is 0 Å². The standard InChI is InChI=1S/C26H32O5.C26H34O5.C26H32O4.C22H26O6/c1-25(2,3)31-23(27)15-13-19-12-14-21(28-6)20(16-22-26(4,5)30-22)24(19)29-17-18-10-8-7-9-11-18;1-25(2,3)31-23(27)15-13-20-12-14-22(29-6)21(16-17-26(4,5)28)24(20)30-18-19-10-8-7-9-11-19;1-19(2)12-15-22-23(28-6)16-13-21(14-17-24(27)30-26(3,4)5)25(22)29-18-20-10-8-7-9-11-20;1-22(2,26)19(23)13-17-18(27-3)11-9-16(10-12-20(24)25)21(17)28-14-15-7-5-4-6-8-15/h7-15,22H,16-17H2,1-6H3;7-15,28H,16-18H2,1-6H3;7-14,16-17H,15,18H2,1-6H3;4-12,19,23,26H,13-14H2,1-3H3,(H,24,25)/b2*15-13-;17-14-;12-10-. The van der Waals surface area contributed by atoms with Crippen molar-refractivity contribution in [2.45, 2.75) is 222 Å². The molecule has 9 rings (SSSR count). The van der Waals surface area contributed by atoms with Gasteiger partial charge in [0.2, 0.25) is 0 Å². The molecule has 1 heterocycles. The van der Waals surface area contributed by atoms with Crippen LogP contribution in [0.2, 0.25) is 0 Å². The Hall–Kier alpha value is -11.4. The molecule has 644 valence electrons. The van der Waals surface area contributed by atoms with E-state index in [1.807, 2.05) is 220 Å². The van der Waals surface area contributed by atoms with E-state index in [1.54, 1.807) is 65.5 Å². The highest BCUT2D eigenvalue weighted by atomic mass is 16.6. The topological polar surface area (TPSA) is 263 Å². The zero-order valence-corrected chi connectivity index (χ0v) is 73.7. The van der Waals surface area contributed by atoms with Crippen molar-refractivity contribution in [2.24, 2.45) is 0 Å². The molecule has 2 unspecified atom stereocenters. The van der Waals surface area contributed by atoms with Crippen molar-refractivity contribution in [2.75, 3.05) is 28.4 Å². The number of epoxide rings is 1. The van der Waals surface area contributed by atoms with Gasteiger partial charge in [-0.3, -0.25) is 0 Å². The third-order valence-corrected chi connectivity index (χ3v) is 18.1. The number of carboxylic acid groups (broad SMARTS) is 1. The molecular formula is C100H124O20. The molecule has 4 N–H and O–H groups in total. The number of methoxy groups -OCH3 is 4. The smallest absolute Gasteiger partial charge is 0.331 e. The predicted octanol–water partition coefficient (Wildman–Crippen LogP) is 19.9. The molecule has 1 fully saturated rings. The summed E-state index contributed by atoms with van der Waals surface area (Å²) < 4.78 is 69.0. The molecule has 1 aliphatic heterocycles. The van der Waals surface area contributed by atoms with Crippen molar-refractivity contribution in [1.29, 1.82) is 0 Å². The van der Waals surface area contributed by atoms with Crippen molar-refractivity contribution < 1.29 is 96.4 Å². The van der Waals surface area contributed by atoms with Gasteiger partial charge >= 0.3 is 23.9 Å². The summed E-state index contributed by atoms with van der Waals surface area (Å²) in [7, 11) is 6.41. The number of rotatable bonds is 34. The van der Waals surface area contributed by atoms with E-state index in [1.165, 1.54) is 50.8 Å². The summed E-state index contributed by atoms with van der Waals surface area (Å²) in [6.07, 6.45) is 15.5. The van der Waals surface area contributed by atoms with E-state index in [2.05, 4.69) is 33.8 Å². The monoisotopic (exact) mass is 1640 g/mol. The Morgan fingerprint density at radius 1 is 0.425 bits per heavy atom. The second kappa shape index (κ2) is 45.7. The largest absolute Gasteiger partial charge is 0.496 e. The Morgan fingerprint density at radius 2 is 0.717 bits per heavy atom. The van der Waals surface area contributed by atoms with Gasteiger partial charge in [0.15, 0.2) is 0 Å². The van der Waals surface area contributed by atoms with Crippen molar-refractivity contribution >= 4 is 48.2 Å². The minimum absolute atomic E-state index is 0.0749. The number of hydrogen-bond donors (Lipinski definition) is 4. The molecule has 0 aromatic heterocycles. The average molecular weight is 1650 g/mol. The summed E-state index contributed by atoms with van der Waals surface area (Å²) in [4.78, 5) is 47.5. The maximum atomic E-state index is 12.2. The number of carboxylic acids is 1. The fourth-order valence-corrected chi connectivity index (χ4v) is 11.8. The summed E-state index contributed by atoms with van der Waals surface area (Å²) in [5.41, 5.74) is 7.49. The molecule has 20 heteroatoms. The highest BCUT2D eigenvalue weighted by Gasteiger charge is 2.48. The number of esters is 3. The minimum atomic E-state index is -1.32. The van der Waals surface area contributed by atoms with Gasteiger partial charge in [0.1, 0.15) is 89.2 Å². The van der Waals surface area contributed by atoms with Gasteiger partial charge in [-0.1, -0.05) is 133 Å². The normalized spacial score (nSPS) is 13.4. The number of aliphatic hydroxyl groups is 3. The van der Waals surface area contributed by atoms with E-state index in [-0.39, 0.29) is 24.7 Å². The molecule has 0 radical (unpaired) electrons. The van der Waals surface area contributed by atoms with Gasteiger partial charge in [-0.05, 0) is 232 Å². The van der Waals surface area contributed by atoms with E-state index in [0.717, 1.165) is 73.2 Å². The van der Waals surface area contributed by atoms with Crippen LogP contribution in [0, 0.1) is 0 Å². The summed E-state index contributed by atoms with van der Waals surface area (Å²) >= 11 is 0. The Kier molecular flexibility index (Phi) is 37.1. The van der Waals surface area contributed by atoms with Crippen LogP contribution in [0.25, 0.3) is 24.3 Å². The van der Waals surface area contributed by atoms with Gasteiger partial charge < -0.3 is 77.3 Å². The van der Waals surface area contributed by atoms with Crippen molar-refractivity contribution in [3.63, 3.8) is 0 Å². The van der Waals surface area contributed by atoms with Gasteiger partial charge in [0.25, 0.3) is 0 Å². The summed E-state index contributed by atoms with van der Waals surface area (Å²) in [6.45, 7) is 32.8. The number of benzene rings is 8. The van der Waals surface area contributed by atoms with Crippen LogP contribution >= 0.6 is 0 Å². The van der Waals surface area contributed by atoms with E-state index in [4.69, 9.17) is 61.9 Å². The number of hydrogen-bond acceptors (Lipinski definition) is 19. The lowest BCUT2D eigenvalue weighted by molar-refractivity contribution is -0.149. The Bertz CT molecular complexity index is 4740. The average Bonchev–Trinajstić information content (AvgIpc) is 1.65. The molecule has 0 aliphatic carbocycles. The zero-order chi connectivity index (χ0) is 88.6. The van der Waals surface area contributed by atoms with Crippen LogP contribution in [0.15, 0.2) is 206 Å². The lowest BCUT2D eigenvalue weighted by atomic mass is 9.93. The van der Waals surface area contributed by atoms with E-state index in [9.17, 15) is 34.5 Å². The summed E-state index contributed by atoms with van der Waals surface area (Å²) in [6, 6.07) is 54.0. The second-order valence-electron chi connectivity index (χ2n) is 33.6. The quantitative estimate of drug-likeness (QED) is 0.00960. The van der Waals surface area contributed by atoms with Crippen LogP contribution in [0.3, 0.4) is 0 Å². The number of aliphatic hydroxyl groups excluding tert-OH is 1. The molecule has 8 aromatic carbocycles. The molecule has 0 amide bonds. The minimum Gasteiger partial charge on any atom is -0.496 e. The van der Waals surface area contributed by atoms with Crippen LogP contribution < -0.4 is 37.9 Å². The van der Waals surface area contributed by atoms with Crippen molar-refractivity contribution in [3.05, 3.63) is 273 Å². The predicted molar refractivity (Wildman–Crippen MR) is 473 cm³/mol. The van der Waals surface area contributed by atoms with Gasteiger partial charge in [0.05, 0.1) is 57.5 Å². The first kappa shape index (κ1) is 97.4. The van der Waals surface area contributed by atoms with Crippen LogP contribution in [0.4, 0.5) is 0 Å². The second-order valence-corrected chi connectivity index (χ2v) is 33.6. The molecule has 120 heavy (non-hydrogen) atoms.